The molecule has 178 valence electrons. The van der Waals surface area contributed by atoms with Crippen LogP contribution in [0, 0.1) is 17.3 Å². The Morgan fingerprint density at radius 2 is 1.74 bits per heavy atom. The van der Waals surface area contributed by atoms with Gasteiger partial charge in [0, 0.05) is 32.0 Å². The molecule has 4 aliphatic rings. The van der Waals surface area contributed by atoms with Gasteiger partial charge in [-0.2, -0.15) is 0 Å². The molecule has 1 spiro atoms. The summed E-state index contributed by atoms with van der Waals surface area (Å²) in [5, 5.41) is 4.27. The second kappa shape index (κ2) is 7.17. The third-order valence-electron chi connectivity index (χ3n) is 6.98. The van der Waals surface area contributed by atoms with Crippen molar-refractivity contribution in [3.63, 3.8) is 0 Å². The molecule has 1 aromatic carbocycles. The van der Waals surface area contributed by atoms with Crippen LogP contribution in [0.5, 0.6) is 17.2 Å². The van der Waals surface area contributed by atoms with Gasteiger partial charge in [0.1, 0.15) is 11.3 Å². The van der Waals surface area contributed by atoms with Crippen LogP contribution in [0.4, 0.5) is 9.59 Å². The van der Waals surface area contributed by atoms with Gasteiger partial charge in [0.2, 0.25) is 36.2 Å². The van der Waals surface area contributed by atoms with Gasteiger partial charge < -0.3 is 14.2 Å². The molecule has 13 nitrogen and oxygen atoms in total. The highest BCUT2D eigenvalue weighted by molar-refractivity contribution is 6.21. The number of carbonyl (C=O) groups is 6. The Balaban J connectivity index is 1.73. The second-order valence-corrected chi connectivity index (χ2v) is 8.53. The van der Waals surface area contributed by atoms with E-state index in [9.17, 15) is 28.8 Å². The van der Waals surface area contributed by atoms with Gasteiger partial charge in [-0.15, -0.1) is 0 Å². The fourth-order valence-electron chi connectivity index (χ4n) is 5.22. The number of imide groups is 4. The standard InChI is InChI=1S/C21H20N4O9/c1-24-16(27)12(15(26)22-19(24)30)10-4-8-5-11-14(34-7-33-11)13(32-3)9(8)6-21(10)17(28)23-20(31)25(2)18(21)29/h5,10,12H,4,6-7H2,1-3H3,(H,22,26,30)(H,23,28,31)/t10-,12-,21+/m1/s1. The van der Waals surface area contributed by atoms with Crippen LogP contribution in [0.1, 0.15) is 11.1 Å². The van der Waals surface area contributed by atoms with Gasteiger partial charge in [-0.05, 0) is 18.1 Å². The first-order valence-corrected chi connectivity index (χ1v) is 10.4. The van der Waals surface area contributed by atoms with Crippen LogP contribution < -0.4 is 24.8 Å². The summed E-state index contributed by atoms with van der Waals surface area (Å²) in [6.07, 6.45) is -0.362. The number of rotatable bonds is 2. The summed E-state index contributed by atoms with van der Waals surface area (Å²) >= 11 is 0. The molecule has 0 aromatic heterocycles. The van der Waals surface area contributed by atoms with Crippen molar-refractivity contribution in [2.75, 3.05) is 28.0 Å². The van der Waals surface area contributed by atoms with Crippen LogP contribution in [0.3, 0.4) is 0 Å². The molecule has 1 aliphatic carbocycles. The SMILES string of the molecule is COc1c2c(cc3c1OCO3)C[C@H]([C@@H]1C(=O)NC(=O)N(C)C1=O)[C@@]1(C2)C(=O)NC(=O)N(C)C1=O. The zero-order valence-corrected chi connectivity index (χ0v) is 18.4. The summed E-state index contributed by atoms with van der Waals surface area (Å²) in [5.74, 6) is -5.38. The summed E-state index contributed by atoms with van der Waals surface area (Å²) in [6.45, 7) is -0.0593. The van der Waals surface area contributed by atoms with E-state index in [2.05, 4.69) is 10.6 Å². The van der Waals surface area contributed by atoms with Crippen molar-refractivity contribution in [2.24, 2.45) is 17.3 Å². The van der Waals surface area contributed by atoms with Crippen LogP contribution in [0.2, 0.25) is 0 Å². The summed E-state index contributed by atoms with van der Waals surface area (Å²) < 4.78 is 16.5. The van der Waals surface area contributed by atoms with Crippen LogP contribution >= 0.6 is 0 Å². The van der Waals surface area contributed by atoms with E-state index in [4.69, 9.17) is 14.2 Å². The predicted octanol–water partition coefficient (Wildman–Crippen LogP) is -0.842. The van der Waals surface area contributed by atoms with Crippen LogP contribution in [0.15, 0.2) is 6.07 Å². The summed E-state index contributed by atoms with van der Waals surface area (Å²) in [6, 6.07) is -0.178. The molecule has 0 radical (unpaired) electrons. The van der Waals surface area contributed by atoms with Gasteiger partial charge in [-0.3, -0.25) is 39.6 Å². The number of carbonyl (C=O) groups excluding carboxylic acids is 6. The smallest absolute Gasteiger partial charge is 0.330 e. The molecule has 0 bridgehead atoms. The molecule has 0 unspecified atom stereocenters. The van der Waals surface area contributed by atoms with Gasteiger partial charge in [-0.25, -0.2) is 9.59 Å². The Morgan fingerprint density at radius 1 is 1.03 bits per heavy atom. The molecule has 1 aromatic rings. The number of fused-ring (bicyclic) bond motifs is 2. The maximum atomic E-state index is 13.6. The Kier molecular flexibility index (Phi) is 4.57. The molecule has 2 N–H and O–H groups in total. The molecular weight excluding hydrogens is 452 g/mol. The van der Waals surface area contributed by atoms with Crippen molar-refractivity contribution in [1.29, 1.82) is 0 Å². The largest absolute Gasteiger partial charge is 0.492 e. The zero-order valence-electron chi connectivity index (χ0n) is 18.4. The maximum absolute atomic E-state index is 13.6. The van der Waals surface area contributed by atoms with E-state index >= 15 is 0 Å². The minimum Gasteiger partial charge on any atom is -0.492 e. The molecule has 34 heavy (non-hydrogen) atoms. The number of ether oxygens (including phenoxy) is 3. The molecule has 3 aliphatic heterocycles. The quantitative estimate of drug-likeness (QED) is 0.523. The number of urea groups is 2. The minimum absolute atomic E-state index is 0.0593. The lowest BCUT2D eigenvalue weighted by Crippen LogP contribution is -2.70. The lowest BCUT2D eigenvalue weighted by Gasteiger charge is -2.48. The molecule has 3 heterocycles. The van der Waals surface area contributed by atoms with Crippen molar-refractivity contribution in [3.8, 4) is 17.2 Å². The highest BCUT2D eigenvalue weighted by Gasteiger charge is 2.64. The summed E-state index contributed by atoms with van der Waals surface area (Å²) in [5.41, 5.74) is -0.963. The van der Waals surface area contributed by atoms with Crippen LogP contribution in [0.25, 0.3) is 0 Å². The molecule has 3 atom stereocenters. The first-order chi connectivity index (χ1) is 16.1. The Morgan fingerprint density at radius 3 is 2.44 bits per heavy atom. The fraction of sp³-hybridized carbons (Fsp3) is 0.429. The molecular formula is C21H20N4O9. The number of nitrogens with one attached hydrogen (secondary N) is 2. The Labute approximate surface area is 192 Å². The van der Waals surface area contributed by atoms with E-state index < -0.39 is 52.9 Å². The topological polar surface area (TPSA) is 161 Å². The van der Waals surface area contributed by atoms with Gasteiger partial charge in [-0.1, -0.05) is 0 Å². The number of hydrogen-bond donors (Lipinski definition) is 2. The zero-order chi connectivity index (χ0) is 24.5. The van der Waals surface area contributed by atoms with E-state index in [0.717, 1.165) is 9.80 Å². The van der Waals surface area contributed by atoms with E-state index in [1.165, 1.54) is 21.2 Å². The lowest BCUT2D eigenvalue weighted by atomic mass is 9.57. The van der Waals surface area contributed by atoms with Gasteiger partial charge in [0.15, 0.2) is 11.5 Å². The van der Waals surface area contributed by atoms with Crippen molar-refractivity contribution in [2.45, 2.75) is 12.8 Å². The minimum atomic E-state index is -2.00. The lowest BCUT2D eigenvalue weighted by molar-refractivity contribution is -0.161. The maximum Gasteiger partial charge on any atom is 0.330 e. The Bertz CT molecular complexity index is 1210. The molecule has 2 fully saturated rings. The summed E-state index contributed by atoms with van der Waals surface area (Å²) in [4.78, 5) is 78.6. The number of nitrogens with zero attached hydrogens (tertiary/aromatic N) is 2. The third-order valence-corrected chi connectivity index (χ3v) is 6.98. The Hall–Kier alpha value is -4.16. The molecule has 5 rings (SSSR count). The number of barbiturate groups is 2. The van der Waals surface area contributed by atoms with Crippen molar-refractivity contribution in [1.82, 2.24) is 20.4 Å². The predicted molar refractivity (Wildman–Crippen MR) is 109 cm³/mol. The molecule has 0 saturated carbocycles. The van der Waals surface area contributed by atoms with Crippen molar-refractivity contribution >= 4 is 35.7 Å². The molecule has 13 heteroatoms. The van der Waals surface area contributed by atoms with Gasteiger partial charge in [0.05, 0.1) is 7.11 Å². The number of hydrogen-bond acceptors (Lipinski definition) is 9. The van der Waals surface area contributed by atoms with E-state index in [1.807, 2.05) is 0 Å². The average Bonchev–Trinajstić information content (AvgIpc) is 3.26. The number of methoxy groups -OCH3 is 1. The van der Waals surface area contributed by atoms with Crippen LogP contribution in [-0.2, 0) is 32.0 Å². The normalized spacial score (nSPS) is 28.2. The highest BCUT2D eigenvalue weighted by atomic mass is 16.7. The van der Waals surface area contributed by atoms with E-state index in [1.54, 1.807) is 6.07 Å². The van der Waals surface area contributed by atoms with Crippen LogP contribution in [-0.4, -0.2) is 73.5 Å². The number of benzene rings is 1. The monoisotopic (exact) mass is 472 g/mol. The van der Waals surface area contributed by atoms with E-state index in [-0.39, 0.29) is 25.4 Å². The molecule has 8 amide bonds. The fourth-order valence-corrected chi connectivity index (χ4v) is 5.22. The summed E-state index contributed by atoms with van der Waals surface area (Å²) in [7, 11) is 3.79. The number of amides is 8. The van der Waals surface area contributed by atoms with Crippen molar-refractivity contribution < 1.29 is 43.0 Å². The average molecular weight is 472 g/mol. The molecule has 2 saturated heterocycles. The first-order valence-electron chi connectivity index (χ1n) is 10.4. The van der Waals surface area contributed by atoms with Gasteiger partial charge >= 0.3 is 12.1 Å². The van der Waals surface area contributed by atoms with E-state index in [0.29, 0.717) is 22.6 Å². The third kappa shape index (κ3) is 2.66. The van der Waals surface area contributed by atoms with Crippen molar-refractivity contribution in [3.05, 3.63) is 17.2 Å². The highest BCUT2D eigenvalue weighted by Crippen LogP contribution is 2.54. The first kappa shape index (κ1) is 21.7. The second-order valence-electron chi connectivity index (χ2n) is 8.53. The van der Waals surface area contributed by atoms with Gasteiger partial charge in [0.25, 0.3) is 0 Å².